The van der Waals surface area contributed by atoms with E-state index < -0.39 is 23.9 Å². The third-order valence-corrected chi connectivity index (χ3v) is 5.65. The van der Waals surface area contributed by atoms with Crippen molar-refractivity contribution in [3.63, 3.8) is 0 Å². The van der Waals surface area contributed by atoms with Gasteiger partial charge in [0.15, 0.2) is 0 Å². The Bertz CT molecular complexity index is 818. The van der Waals surface area contributed by atoms with Crippen LogP contribution in [0.25, 0.3) is 0 Å². The maximum absolute atomic E-state index is 11.9. The number of aliphatic carboxylic acids is 2. The van der Waals surface area contributed by atoms with Crippen LogP contribution in [0, 0.1) is 0 Å². The molecule has 4 amide bonds. The number of hydrogen-bond acceptors (Lipinski definition) is 10. The van der Waals surface area contributed by atoms with E-state index in [-0.39, 0.29) is 115 Å². The largest absolute Gasteiger partial charge is 0.481 e. The zero-order chi connectivity index (χ0) is 31.4. The molecule has 16 nitrogen and oxygen atoms in total. The second kappa shape index (κ2) is 27.0. The first-order valence-corrected chi connectivity index (χ1v) is 14.7. The normalized spacial score (nSPS) is 11.4. The van der Waals surface area contributed by atoms with E-state index in [0.717, 1.165) is 0 Å². The van der Waals surface area contributed by atoms with Crippen LogP contribution in [0.5, 0.6) is 0 Å². The van der Waals surface area contributed by atoms with Gasteiger partial charge in [0.1, 0.15) is 19.3 Å². The van der Waals surface area contributed by atoms with Crippen LogP contribution in [0.3, 0.4) is 0 Å². The first-order chi connectivity index (χ1) is 20.1. The molecular formula is C25H43BrN4O12. The Morgan fingerprint density at radius 3 is 1.71 bits per heavy atom. The lowest BCUT2D eigenvalue weighted by Gasteiger charge is -2.14. The van der Waals surface area contributed by atoms with Gasteiger partial charge in [0.05, 0.1) is 45.0 Å². The number of alkyl halides is 1. The molecule has 0 aliphatic heterocycles. The van der Waals surface area contributed by atoms with Gasteiger partial charge in [-0.25, -0.2) is 4.79 Å². The van der Waals surface area contributed by atoms with Gasteiger partial charge in [-0.05, 0) is 25.7 Å². The Labute approximate surface area is 253 Å². The van der Waals surface area contributed by atoms with E-state index in [1.54, 1.807) is 0 Å². The summed E-state index contributed by atoms with van der Waals surface area (Å²) in [7, 11) is 0. The van der Waals surface area contributed by atoms with Crippen molar-refractivity contribution < 1.29 is 57.9 Å². The predicted octanol–water partition coefficient (Wildman–Crippen LogP) is -1.21. The highest BCUT2D eigenvalue weighted by atomic mass is 79.9. The monoisotopic (exact) mass is 670 g/mol. The molecule has 0 rings (SSSR count). The summed E-state index contributed by atoms with van der Waals surface area (Å²) >= 11 is 3.03. The number of carboxylic acid groups (broad SMARTS) is 2. The second-order valence-electron chi connectivity index (χ2n) is 8.71. The highest BCUT2D eigenvalue weighted by Crippen LogP contribution is 2.01. The Morgan fingerprint density at radius 2 is 1.14 bits per heavy atom. The van der Waals surface area contributed by atoms with Crippen molar-refractivity contribution in [2.75, 3.05) is 77.8 Å². The van der Waals surface area contributed by atoms with Crippen molar-refractivity contribution in [2.45, 2.75) is 44.6 Å². The van der Waals surface area contributed by atoms with Gasteiger partial charge in [0.25, 0.3) is 0 Å². The molecule has 0 aliphatic rings. The van der Waals surface area contributed by atoms with E-state index in [2.05, 4.69) is 37.2 Å². The minimum atomic E-state index is -1.15. The fourth-order valence-corrected chi connectivity index (χ4v) is 3.27. The molecule has 0 saturated heterocycles. The SMILES string of the molecule is O=C(O)CCCC(=O)NCCOCCOCC(=O)NCCOCCOCC(=O)NC(CCCCNC(=O)CBr)C(=O)O. The Hall–Kier alpha value is -2.86. The molecule has 0 aliphatic carbocycles. The molecule has 0 spiro atoms. The van der Waals surface area contributed by atoms with Gasteiger partial charge >= 0.3 is 11.9 Å². The molecule has 1 unspecified atom stereocenters. The fourth-order valence-electron chi connectivity index (χ4n) is 3.08. The third-order valence-electron chi connectivity index (χ3n) is 5.14. The highest BCUT2D eigenvalue weighted by molar-refractivity contribution is 9.09. The van der Waals surface area contributed by atoms with Crippen LogP contribution in [-0.2, 0) is 47.7 Å². The minimum Gasteiger partial charge on any atom is -0.481 e. The first-order valence-electron chi connectivity index (χ1n) is 13.6. The topological polar surface area (TPSA) is 228 Å². The van der Waals surface area contributed by atoms with Gasteiger partial charge in [0.2, 0.25) is 23.6 Å². The predicted molar refractivity (Wildman–Crippen MR) is 151 cm³/mol. The molecule has 0 saturated carbocycles. The molecule has 0 heterocycles. The molecule has 0 aromatic rings. The molecule has 0 bridgehead atoms. The summed E-state index contributed by atoms with van der Waals surface area (Å²) in [5.74, 6) is -3.38. The van der Waals surface area contributed by atoms with Gasteiger partial charge in [-0.15, -0.1) is 0 Å². The summed E-state index contributed by atoms with van der Waals surface area (Å²) < 4.78 is 20.9. The molecule has 42 heavy (non-hydrogen) atoms. The molecule has 0 aromatic heterocycles. The molecule has 242 valence electrons. The van der Waals surface area contributed by atoms with Crippen molar-refractivity contribution >= 4 is 51.5 Å². The molecule has 0 radical (unpaired) electrons. The van der Waals surface area contributed by atoms with Gasteiger partial charge < -0.3 is 50.4 Å². The van der Waals surface area contributed by atoms with Crippen LogP contribution in [-0.4, -0.2) is 130 Å². The van der Waals surface area contributed by atoms with Crippen molar-refractivity contribution in [3.05, 3.63) is 0 Å². The Morgan fingerprint density at radius 1 is 0.595 bits per heavy atom. The van der Waals surface area contributed by atoms with E-state index in [1.165, 1.54) is 0 Å². The zero-order valence-electron chi connectivity index (χ0n) is 23.7. The van der Waals surface area contributed by atoms with Crippen molar-refractivity contribution in [3.8, 4) is 0 Å². The van der Waals surface area contributed by atoms with Gasteiger partial charge in [0, 0.05) is 32.5 Å². The standard InChI is InChI=1S/C25H43BrN4O12/c26-16-21(32)27-7-2-1-4-19(25(37)38)30-23(34)18-42-15-13-40-11-9-29-22(33)17-41-14-12-39-10-8-28-20(31)5-3-6-24(35)36/h19H,1-18H2,(H,27,32)(H,28,31)(H,29,33)(H,30,34)(H,35,36)(H,37,38). The summed E-state index contributed by atoms with van der Waals surface area (Å²) in [6, 6.07) is -1.05. The maximum atomic E-state index is 11.9. The number of unbranched alkanes of at least 4 members (excludes halogenated alkanes) is 1. The number of nitrogens with one attached hydrogen (secondary N) is 4. The van der Waals surface area contributed by atoms with Crippen LogP contribution in [0.4, 0.5) is 0 Å². The number of hydrogen-bond donors (Lipinski definition) is 6. The molecular weight excluding hydrogens is 628 g/mol. The van der Waals surface area contributed by atoms with Crippen molar-refractivity contribution in [2.24, 2.45) is 0 Å². The minimum absolute atomic E-state index is 0.0528. The highest BCUT2D eigenvalue weighted by Gasteiger charge is 2.19. The van der Waals surface area contributed by atoms with Gasteiger partial charge in [-0.1, -0.05) is 15.9 Å². The molecule has 1 atom stereocenters. The number of carbonyl (C=O) groups is 6. The number of carbonyl (C=O) groups excluding carboxylic acids is 4. The number of ether oxygens (including phenoxy) is 4. The lowest BCUT2D eigenvalue weighted by Crippen LogP contribution is -2.42. The van der Waals surface area contributed by atoms with Gasteiger partial charge in [-0.2, -0.15) is 0 Å². The van der Waals surface area contributed by atoms with Crippen molar-refractivity contribution in [1.29, 1.82) is 0 Å². The van der Waals surface area contributed by atoms with E-state index >= 15 is 0 Å². The summed E-state index contributed by atoms with van der Waals surface area (Å²) in [5, 5.41) is 28.3. The summed E-state index contributed by atoms with van der Waals surface area (Å²) in [6.45, 7) is 1.63. The van der Waals surface area contributed by atoms with E-state index in [1.807, 2.05) is 0 Å². The maximum Gasteiger partial charge on any atom is 0.326 e. The number of halogens is 1. The summed E-state index contributed by atoms with van der Waals surface area (Å²) in [6.07, 6.45) is 1.68. The number of carboxylic acids is 2. The van der Waals surface area contributed by atoms with Crippen molar-refractivity contribution in [1.82, 2.24) is 21.3 Å². The quantitative estimate of drug-likeness (QED) is 0.0426. The van der Waals surface area contributed by atoms with Crippen LogP contribution in [0.1, 0.15) is 38.5 Å². The molecule has 6 N–H and O–H groups in total. The van der Waals surface area contributed by atoms with E-state index in [4.69, 9.17) is 24.1 Å². The average Bonchev–Trinajstić information content (AvgIpc) is 2.94. The van der Waals surface area contributed by atoms with Gasteiger partial charge in [-0.3, -0.25) is 24.0 Å². The smallest absolute Gasteiger partial charge is 0.326 e. The van der Waals surface area contributed by atoms with Crippen LogP contribution in [0.2, 0.25) is 0 Å². The Balaban J connectivity index is 3.61. The average molecular weight is 672 g/mol. The van der Waals surface area contributed by atoms with Crippen LogP contribution in [0.15, 0.2) is 0 Å². The molecule has 0 aromatic carbocycles. The number of amides is 4. The van der Waals surface area contributed by atoms with Crippen LogP contribution < -0.4 is 21.3 Å². The Kier molecular flexibility index (Phi) is 25.2. The first kappa shape index (κ1) is 39.1. The molecule has 0 fully saturated rings. The third kappa shape index (κ3) is 26.1. The lowest BCUT2D eigenvalue weighted by molar-refractivity contribution is -0.143. The zero-order valence-corrected chi connectivity index (χ0v) is 25.2. The van der Waals surface area contributed by atoms with E-state index in [9.17, 15) is 33.9 Å². The van der Waals surface area contributed by atoms with Crippen LogP contribution >= 0.6 is 15.9 Å². The lowest BCUT2D eigenvalue weighted by atomic mass is 10.1. The fraction of sp³-hybridized carbons (Fsp3) is 0.760. The summed E-state index contributed by atoms with van der Waals surface area (Å²) in [4.78, 5) is 68.0. The summed E-state index contributed by atoms with van der Waals surface area (Å²) in [5.41, 5.74) is 0. The number of rotatable bonds is 28. The van der Waals surface area contributed by atoms with E-state index in [0.29, 0.717) is 19.4 Å². The second-order valence-corrected chi connectivity index (χ2v) is 9.28. The molecule has 17 heteroatoms.